The van der Waals surface area contributed by atoms with Crippen molar-refractivity contribution in [3.63, 3.8) is 0 Å². The molecule has 0 fully saturated rings. The zero-order valence-electron chi connectivity index (χ0n) is 38.2. The lowest BCUT2D eigenvalue weighted by Gasteiger charge is -2.24. The molecule has 0 amide bonds. The molecule has 4 heteroatoms. The van der Waals surface area contributed by atoms with E-state index in [9.17, 15) is 0 Å². The van der Waals surface area contributed by atoms with Crippen molar-refractivity contribution in [2.45, 2.75) is 18.8 Å². The largest absolute Gasteiger partial charge is 0.456 e. The summed E-state index contributed by atoms with van der Waals surface area (Å²) in [4.78, 5) is 16.3. The van der Waals surface area contributed by atoms with Crippen LogP contribution in [0.4, 0.5) is 0 Å². The van der Waals surface area contributed by atoms with Crippen molar-refractivity contribution in [2.75, 3.05) is 0 Å². The Balaban J connectivity index is 1.04. The van der Waals surface area contributed by atoms with Crippen molar-refractivity contribution in [2.24, 2.45) is 0 Å². The molecule has 2 heterocycles. The molecular formula is C66H43N3O. The Morgan fingerprint density at radius 1 is 0.329 bits per heavy atom. The highest BCUT2D eigenvalue weighted by molar-refractivity contribution is 6.11. The van der Waals surface area contributed by atoms with Crippen LogP contribution in [0.5, 0.6) is 0 Å². The first-order chi connectivity index (χ1) is 34.6. The summed E-state index contributed by atoms with van der Waals surface area (Å²) in [5.41, 5.74) is 15.4. The molecule has 0 bridgehead atoms. The molecule has 0 radical (unpaired) electrons. The lowest BCUT2D eigenvalue weighted by atomic mass is 9.80. The third-order valence-corrected chi connectivity index (χ3v) is 14.5. The van der Waals surface area contributed by atoms with Crippen LogP contribution in [0, 0.1) is 0 Å². The number of hydrogen-bond donors (Lipinski definition) is 0. The van der Waals surface area contributed by atoms with E-state index >= 15 is 0 Å². The van der Waals surface area contributed by atoms with Crippen LogP contribution in [0.2, 0.25) is 0 Å². The van der Waals surface area contributed by atoms with Crippen LogP contribution in [0.15, 0.2) is 235 Å². The van der Waals surface area contributed by atoms with Gasteiger partial charge in [-0.2, -0.15) is 0 Å². The van der Waals surface area contributed by atoms with Gasteiger partial charge >= 0.3 is 0 Å². The molecule has 4 nitrogen and oxygen atoms in total. The number of hydrogen-bond acceptors (Lipinski definition) is 4. The van der Waals surface area contributed by atoms with Gasteiger partial charge in [-0.15, -0.1) is 0 Å². The molecule has 14 rings (SSSR count). The maximum atomic E-state index is 6.90. The minimum atomic E-state index is -0.0309. The van der Waals surface area contributed by atoms with Crippen molar-refractivity contribution < 1.29 is 4.42 Å². The highest BCUT2D eigenvalue weighted by Gasteiger charge is 2.30. The number of aryl methyl sites for hydroxylation is 1. The monoisotopic (exact) mass is 893 g/mol. The van der Waals surface area contributed by atoms with E-state index in [0.29, 0.717) is 17.5 Å². The molecule has 1 aliphatic rings. The molecule has 0 aliphatic heterocycles. The summed E-state index contributed by atoms with van der Waals surface area (Å²) in [5.74, 6) is 1.79. The Morgan fingerprint density at radius 2 is 0.871 bits per heavy atom. The minimum absolute atomic E-state index is 0.0309. The fourth-order valence-corrected chi connectivity index (χ4v) is 11.1. The van der Waals surface area contributed by atoms with Gasteiger partial charge in [-0.3, -0.25) is 0 Å². The lowest BCUT2D eigenvalue weighted by Crippen LogP contribution is -2.08. The van der Waals surface area contributed by atoms with Gasteiger partial charge in [0.25, 0.3) is 0 Å². The summed E-state index contributed by atoms with van der Waals surface area (Å²) in [7, 11) is 0. The molecule has 11 aromatic carbocycles. The van der Waals surface area contributed by atoms with Crippen molar-refractivity contribution in [1.82, 2.24) is 15.0 Å². The van der Waals surface area contributed by atoms with Crippen molar-refractivity contribution in [3.8, 4) is 67.5 Å². The van der Waals surface area contributed by atoms with E-state index in [2.05, 4.69) is 224 Å². The van der Waals surface area contributed by atoms with Crippen LogP contribution in [-0.2, 0) is 6.42 Å². The Morgan fingerprint density at radius 3 is 1.63 bits per heavy atom. The standard InChI is InChI=1S/C66H43N3O/c1-3-14-41(15-4-1)43-26-28-45(29-27-43)64-67-65(52-24-13-23-46(35-52)42-16-5-2-6-17-42)69-66(68-64)60-40-62-59(58-37-49-21-9-10-22-50(49)38-61(58)70-62)39-57(60)55-33-31-51-34-47-19-7-8-20-48(47)36-56(51)54-32-30-44-18-11-12-25-53(44)63(54)55/h1-30,32,34-40,55H,31,33H2. The van der Waals surface area contributed by atoms with E-state index < -0.39 is 0 Å². The summed E-state index contributed by atoms with van der Waals surface area (Å²) in [6.07, 6.45) is 1.78. The predicted molar refractivity (Wildman–Crippen MR) is 289 cm³/mol. The van der Waals surface area contributed by atoms with Gasteiger partial charge < -0.3 is 4.42 Å². The molecule has 2 aromatic heterocycles. The van der Waals surface area contributed by atoms with E-state index in [4.69, 9.17) is 19.4 Å². The molecule has 0 saturated carbocycles. The SMILES string of the molecule is c1ccc(-c2ccc(-c3nc(-c4cccc(-c5ccccc5)c4)nc(-c4cc5oc6cc7ccccc7cc6c5cc4C4CCc5cc6ccccc6cc5-c5ccc6ccccc6c54)n3)cc2)cc1. The number of rotatable bonds is 6. The summed E-state index contributed by atoms with van der Waals surface area (Å²) < 4.78 is 6.90. The Bertz CT molecular complexity index is 4180. The second-order valence-corrected chi connectivity index (χ2v) is 18.6. The quantitative estimate of drug-likeness (QED) is 0.167. The fourth-order valence-electron chi connectivity index (χ4n) is 11.1. The molecule has 70 heavy (non-hydrogen) atoms. The highest BCUT2D eigenvalue weighted by Crippen LogP contribution is 2.49. The topological polar surface area (TPSA) is 51.8 Å². The Labute approximate surface area is 405 Å². The van der Waals surface area contributed by atoms with Crippen LogP contribution in [0.25, 0.3) is 122 Å². The van der Waals surface area contributed by atoms with Gasteiger partial charge in [0, 0.05) is 33.4 Å². The van der Waals surface area contributed by atoms with Crippen LogP contribution in [0.1, 0.15) is 29.0 Å². The van der Waals surface area contributed by atoms with E-state index in [-0.39, 0.29) is 5.92 Å². The van der Waals surface area contributed by atoms with Gasteiger partial charge in [0.05, 0.1) is 0 Å². The maximum absolute atomic E-state index is 6.90. The third-order valence-electron chi connectivity index (χ3n) is 14.5. The molecule has 328 valence electrons. The van der Waals surface area contributed by atoms with Gasteiger partial charge in [0.15, 0.2) is 17.5 Å². The van der Waals surface area contributed by atoms with Crippen molar-refractivity contribution in [1.29, 1.82) is 0 Å². The fraction of sp³-hybridized carbons (Fsp3) is 0.0455. The average Bonchev–Trinajstić information content (AvgIpc) is 3.69. The first-order valence-corrected chi connectivity index (χ1v) is 24.2. The van der Waals surface area contributed by atoms with E-state index in [1.807, 2.05) is 6.07 Å². The number of aromatic nitrogens is 3. The second kappa shape index (κ2) is 16.4. The highest BCUT2D eigenvalue weighted by atomic mass is 16.3. The molecule has 0 spiro atoms. The van der Waals surface area contributed by atoms with Gasteiger partial charge in [-0.25, -0.2) is 15.0 Å². The molecule has 0 saturated heterocycles. The number of nitrogens with zero attached hydrogens (tertiary/aromatic N) is 3. The second-order valence-electron chi connectivity index (χ2n) is 18.6. The van der Waals surface area contributed by atoms with Crippen molar-refractivity contribution >= 4 is 54.3 Å². The lowest BCUT2D eigenvalue weighted by molar-refractivity contribution is 0.668. The molecule has 13 aromatic rings. The summed E-state index contributed by atoms with van der Waals surface area (Å²) in [5, 5.41) is 9.49. The number of fused-ring (bicyclic) bond motifs is 10. The van der Waals surface area contributed by atoms with Gasteiger partial charge in [0.2, 0.25) is 0 Å². The summed E-state index contributed by atoms with van der Waals surface area (Å²) in [6.45, 7) is 0. The zero-order valence-corrected chi connectivity index (χ0v) is 38.2. The van der Waals surface area contributed by atoms with E-state index in [1.54, 1.807) is 0 Å². The van der Waals surface area contributed by atoms with Crippen LogP contribution in [0.3, 0.4) is 0 Å². The average molecular weight is 894 g/mol. The van der Waals surface area contributed by atoms with Gasteiger partial charge in [0.1, 0.15) is 11.2 Å². The van der Waals surface area contributed by atoms with E-state index in [1.165, 1.54) is 54.7 Å². The molecule has 1 unspecified atom stereocenters. The third kappa shape index (κ3) is 6.87. The van der Waals surface area contributed by atoms with Crippen LogP contribution < -0.4 is 0 Å². The summed E-state index contributed by atoms with van der Waals surface area (Å²) >= 11 is 0. The molecule has 1 aliphatic carbocycles. The number of benzene rings is 11. The number of furan rings is 1. The van der Waals surface area contributed by atoms with Crippen molar-refractivity contribution in [3.05, 3.63) is 247 Å². The summed E-state index contributed by atoms with van der Waals surface area (Å²) in [6, 6.07) is 82.9. The zero-order chi connectivity index (χ0) is 46.1. The molecular weight excluding hydrogens is 851 g/mol. The predicted octanol–water partition coefficient (Wildman–Crippen LogP) is 17.3. The smallest absolute Gasteiger partial charge is 0.164 e. The first kappa shape index (κ1) is 40.1. The molecule has 1 atom stereocenters. The van der Waals surface area contributed by atoms with Crippen LogP contribution >= 0.6 is 0 Å². The first-order valence-electron chi connectivity index (χ1n) is 24.2. The van der Waals surface area contributed by atoms with E-state index in [0.717, 1.165) is 79.1 Å². The van der Waals surface area contributed by atoms with Gasteiger partial charge in [-0.05, 0) is 132 Å². The Kier molecular flexibility index (Phi) is 9.38. The minimum Gasteiger partial charge on any atom is -0.456 e. The normalized spacial score (nSPS) is 13.5. The van der Waals surface area contributed by atoms with Gasteiger partial charge in [-0.1, -0.05) is 194 Å². The molecule has 0 N–H and O–H groups in total. The Hall–Kier alpha value is -8.99. The van der Waals surface area contributed by atoms with Crippen LogP contribution in [-0.4, -0.2) is 15.0 Å². The maximum Gasteiger partial charge on any atom is 0.164 e.